The first-order valence-electron chi connectivity index (χ1n) is 8.28. The fourth-order valence-electron chi connectivity index (χ4n) is 2.89. The second-order valence-corrected chi connectivity index (χ2v) is 5.98. The van der Waals surface area contributed by atoms with Crippen LogP contribution < -0.4 is 10.2 Å². The highest BCUT2D eigenvalue weighted by atomic mass is 16.1. The molecule has 1 fully saturated rings. The van der Waals surface area contributed by atoms with E-state index in [2.05, 4.69) is 21.3 Å². The Morgan fingerprint density at radius 1 is 1.08 bits per heavy atom. The van der Waals surface area contributed by atoms with Gasteiger partial charge >= 0.3 is 0 Å². The number of nitrogens with zero attached hydrogens (tertiary/aromatic N) is 3. The fourth-order valence-corrected chi connectivity index (χ4v) is 2.89. The van der Waals surface area contributed by atoms with Gasteiger partial charge < -0.3 is 10.2 Å². The second kappa shape index (κ2) is 7.60. The molecule has 1 aliphatic heterocycles. The van der Waals surface area contributed by atoms with Crippen molar-refractivity contribution in [3.05, 3.63) is 53.9 Å². The molecule has 1 aliphatic rings. The van der Waals surface area contributed by atoms with Crippen molar-refractivity contribution in [3.63, 3.8) is 0 Å². The zero-order valence-corrected chi connectivity index (χ0v) is 13.5. The van der Waals surface area contributed by atoms with Crippen LogP contribution in [0.15, 0.2) is 42.7 Å². The van der Waals surface area contributed by atoms with Crippen molar-refractivity contribution < 1.29 is 4.79 Å². The number of pyridine rings is 1. The van der Waals surface area contributed by atoms with E-state index in [4.69, 9.17) is 5.26 Å². The molecule has 24 heavy (non-hydrogen) atoms. The van der Waals surface area contributed by atoms with E-state index < -0.39 is 0 Å². The van der Waals surface area contributed by atoms with E-state index in [-0.39, 0.29) is 5.91 Å². The first-order chi connectivity index (χ1) is 11.8. The molecule has 0 spiro atoms. The molecule has 1 saturated heterocycles. The van der Waals surface area contributed by atoms with Crippen LogP contribution in [0.3, 0.4) is 0 Å². The van der Waals surface area contributed by atoms with E-state index in [0.29, 0.717) is 16.8 Å². The molecule has 0 aliphatic carbocycles. The van der Waals surface area contributed by atoms with E-state index in [0.717, 1.165) is 18.8 Å². The number of carbonyl (C=O) groups excluding carboxylic acids is 1. The third kappa shape index (κ3) is 3.90. The van der Waals surface area contributed by atoms with E-state index in [1.54, 1.807) is 30.5 Å². The van der Waals surface area contributed by atoms with Gasteiger partial charge in [-0.15, -0.1) is 0 Å². The lowest BCUT2D eigenvalue weighted by Gasteiger charge is -2.22. The molecular weight excluding hydrogens is 300 g/mol. The van der Waals surface area contributed by atoms with Crippen molar-refractivity contribution in [2.75, 3.05) is 23.3 Å². The van der Waals surface area contributed by atoms with Crippen molar-refractivity contribution in [2.45, 2.75) is 25.7 Å². The van der Waals surface area contributed by atoms with Crippen LogP contribution in [0.5, 0.6) is 0 Å². The van der Waals surface area contributed by atoms with Crippen LogP contribution >= 0.6 is 0 Å². The molecule has 2 aromatic rings. The lowest BCUT2D eigenvalue weighted by molar-refractivity contribution is 0.102. The Kier molecular flexibility index (Phi) is 5.07. The average Bonchev–Trinajstić information content (AvgIpc) is 2.92. The molecule has 0 saturated carbocycles. The summed E-state index contributed by atoms with van der Waals surface area (Å²) >= 11 is 0. The summed E-state index contributed by atoms with van der Waals surface area (Å²) < 4.78 is 0. The summed E-state index contributed by atoms with van der Waals surface area (Å²) in [4.78, 5) is 19.0. The monoisotopic (exact) mass is 320 g/mol. The molecular formula is C19H20N4O. The normalized spacial score (nSPS) is 14.5. The number of benzene rings is 1. The molecule has 0 bridgehead atoms. The largest absolute Gasteiger partial charge is 0.370 e. The number of anilines is 2. The molecule has 5 nitrogen and oxygen atoms in total. The number of rotatable bonds is 3. The van der Waals surface area contributed by atoms with Gasteiger partial charge in [-0.3, -0.25) is 9.78 Å². The van der Waals surface area contributed by atoms with E-state index in [9.17, 15) is 4.79 Å². The quantitative estimate of drug-likeness (QED) is 0.938. The molecule has 0 atom stereocenters. The first-order valence-corrected chi connectivity index (χ1v) is 8.28. The topological polar surface area (TPSA) is 69.0 Å². The molecule has 122 valence electrons. The van der Waals surface area contributed by atoms with Crippen LogP contribution in [-0.2, 0) is 0 Å². The predicted molar refractivity (Wildman–Crippen MR) is 94.0 cm³/mol. The first kappa shape index (κ1) is 16.0. The number of nitrogens with one attached hydrogen (secondary N) is 1. The molecule has 5 heteroatoms. The van der Waals surface area contributed by atoms with Crippen molar-refractivity contribution in [2.24, 2.45) is 0 Å². The van der Waals surface area contributed by atoms with Crippen molar-refractivity contribution in [1.29, 1.82) is 5.26 Å². The number of aromatic nitrogens is 1. The van der Waals surface area contributed by atoms with Gasteiger partial charge in [-0.1, -0.05) is 12.8 Å². The maximum absolute atomic E-state index is 12.4. The van der Waals surface area contributed by atoms with Gasteiger partial charge in [0.05, 0.1) is 29.1 Å². The molecule has 2 heterocycles. The van der Waals surface area contributed by atoms with Gasteiger partial charge in [-0.25, -0.2) is 0 Å². The maximum atomic E-state index is 12.4. The number of carbonyl (C=O) groups is 1. The van der Waals surface area contributed by atoms with Crippen LogP contribution in [0.1, 0.15) is 41.6 Å². The number of hydrogen-bond donors (Lipinski definition) is 1. The van der Waals surface area contributed by atoms with Crippen LogP contribution in [-0.4, -0.2) is 24.0 Å². The van der Waals surface area contributed by atoms with Gasteiger partial charge in [0.2, 0.25) is 0 Å². The van der Waals surface area contributed by atoms with Gasteiger partial charge in [0.1, 0.15) is 0 Å². The van der Waals surface area contributed by atoms with Gasteiger partial charge in [-0.2, -0.15) is 5.26 Å². The second-order valence-electron chi connectivity index (χ2n) is 5.98. The predicted octanol–water partition coefficient (Wildman–Crippen LogP) is 3.59. The standard InChI is InChI=1S/C19H20N4O/c20-12-15-5-7-17(8-6-15)22-19(24)16-11-18(14-21-13-16)23-9-3-1-2-4-10-23/h5-8,11,13-14H,1-4,9-10H2,(H,22,24). The molecule has 0 radical (unpaired) electrons. The van der Waals surface area contributed by atoms with Gasteiger partial charge in [0.25, 0.3) is 5.91 Å². The van der Waals surface area contributed by atoms with Gasteiger partial charge in [0, 0.05) is 25.0 Å². The van der Waals surface area contributed by atoms with Crippen LogP contribution in [0.2, 0.25) is 0 Å². The highest BCUT2D eigenvalue weighted by molar-refractivity contribution is 6.04. The summed E-state index contributed by atoms with van der Waals surface area (Å²) in [7, 11) is 0. The minimum atomic E-state index is -0.191. The summed E-state index contributed by atoms with van der Waals surface area (Å²) in [5, 5.41) is 11.7. The minimum Gasteiger partial charge on any atom is -0.370 e. The van der Waals surface area contributed by atoms with Gasteiger partial charge in [-0.05, 0) is 43.2 Å². The summed E-state index contributed by atoms with van der Waals surface area (Å²) in [6.45, 7) is 2.03. The van der Waals surface area contributed by atoms with E-state index in [1.165, 1.54) is 25.7 Å². The third-order valence-corrected chi connectivity index (χ3v) is 4.23. The highest BCUT2D eigenvalue weighted by Crippen LogP contribution is 2.20. The van der Waals surface area contributed by atoms with Crippen molar-refractivity contribution >= 4 is 17.3 Å². The fraction of sp³-hybridized carbons (Fsp3) is 0.316. The highest BCUT2D eigenvalue weighted by Gasteiger charge is 2.13. The van der Waals surface area contributed by atoms with Gasteiger partial charge in [0.15, 0.2) is 0 Å². The number of hydrogen-bond acceptors (Lipinski definition) is 4. The Hall–Kier alpha value is -2.87. The lowest BCUT2D eigenvalue weighted by atomic mass is 10.2. The molecule has 1 aromatic heterocycles. The zero-order valence-electron chi connectivity index (χ0n) is 13.5. The smallest absolute Gasteiger partial charge is 0.257 e. The lowest BCUT2D eigenvalue weighted by Crippen LogP contribution is -2.24. The zero-order chi connectivity index (χ0) is 16.8. The Balaban J connectivity index is 1.72. The van der Waals surface area contributed by atoms with Crippen LogP contribution in [0.4, 0.5) is 11.4 Å². The number of amides is 1. The maximum Gasteiger partial charge on any atom is 0.257 e. The third-order valence-electron chi connectivity index (χ3n) is 4.23. The Bertz CT molecular complexity index is 741. The SMILES string of the molecule is N#Cc1ccc(NC(=O)c2cncc(N3CCCCCC3)c2)cc1. The van der Waals surface area contributed by atoms with E-state index >= 15 is 0 Å². The molecule has 1 amide bonds. The minimum absolute atomic E-state index is 0.191. The summed E-state index contributed by atoms with van der Waals surface area (Å²) in [5.41, 5.74) is 2.78. The summed E-state index contributed by atoms with van der Waals surface area (Å²) in [5.74, 6) is -0.191. The van der Waals surface area contributed by atoms with Crippen LogP contribution in [0.25, 0.3) is 0 Å². The van der Waals surface area contributed by atoms with E-state index in [1.807, 2.05) is 12.3 Å². The van der Waals surface area contributed by atoms with Crippen molar-refractivity contribution in [3.8, 4) is 6.07 Å². The molecule has 1 N–H and O–H groups in total. The molecule has 1 aromatic carbocycles. The van der Waals surface area contributed by atoms with Crippen LogP contribution in [0, 0.1) is 11.3 Å². The average molecular weight is 320 g/mol. The molecule has 3 rings (SSSR count). The Morgan fingerprint density at radius 3 is 2.46 bits per heavy atom. The number of nitriles is 1. The van der Waals surface area contributed by atoms with Crippen molar-refractivity contribution in [1.82, 2.24) is 4.98 Å². The molecule has 0 unspecified atom stereocenters. The summed E-state index contributed by atoms with van der Waals surface area (Å²) in [6.07, 6.45) is 8.30. The summed E-state index contributed by atoms with van der Waals surface area (Å²) in [6, 6.07) is 10.8. The Labute approximate surface area is 141 Å². The Morgan fingerprint density at radius 2 is 1.79 bits per heavy atom.